The van der Waals surface area contributed by atoms with Gasteiger partial charge in [0.05, 0.1) is 5.52 Å². The highest BCUT2D eigenvalue weighted by molar-refractivity contribution is 6.01. The molecule has 4 heterocycles. The number of rotatable bonds is 4. The van der Waals surface area contributed by atoms with Crippen LogP contribution in [-0.4, -0.2) is 65.0 Å². The minimum absolute atomic E-state index is 0. The molecule has 186 valence electrons. The van der Waals surface area contributed by atoms with E-state index in [4.69, 9.17) is 4.98 Å². The van der Waals surface area contributed by atoms with Crippen LogP contribution in [0.2, 0.25) is 0 Å². The Morgan fingerprint density at radius 3 is 2.46 bits per heavy atom. The lowest BCUT2D eigenvalue weighted by Gasteiger charge is -2.33. The first-order valence-electron chi connectivity index (χ1n) is 12.8. The minimum Gasteiger partial charge on any atom is -0.350 e. The van der Waals surface area contributed by atoms with Crippen molar-refractivity contribution in [1.29, 1.82) is 0 Å². The monoisotopic (exact) mass is 493 g/mol. The number of carbonyl (C=O) groups excluding carboxylic acids is 1. The predicted molar refractivity (Wildman–Crippen MR) is 144 cm³/mol. The van der Waals surface area contributed by atoms with Crippen molar-refractivity contribution in [3.8, 4) is 0 Å². The molecule has 1 saturated carbocycles. The molecular weight excluding hydrogens is 458 g/mol. The second-order valence-corrected chi connectivity index (χ2v) is 10.5. The van der Waals surface area contributed by atoms with E-state index in [1.165, 1.54) is 46.1 Å². The molecule has 1 aromatic carbocycles. The van der Waals surface area contributed by atoms with Gasteiger partial charge in [-0.05, 0) is 68.8 Å². The Bertz CT molecular complexity index is 1260. The maximum atomic E-state index is 13.6. The maximum Gasteiger partial charge on any atom is 0.272 e. The minimum atomic E-state index is 0. The number of piperazine rings is 1. The molecule has 1 aliphatic carbocycles. The molecule has 0 spiro atoms. The summed E-state index contributed by atoms with van der Waals surface area (Å²) in [6, 6.07) is 10.8. The van der Waals surface area contributed by atoms with E-state index in [9.17, 15) is 4.79 Å². The Hall–Kier alpha value is -2.57. The molecule has 35 heavy (non-hydrogen) atoms. The van der Waals surface area contributed by atoms with E-state index in [-0.39, 0.29) is 18.3 Å². The molecule has 6 nitrogen and oxygen atoms in total. The number of carbonyl (C=O) groups is 1. The van der Waals surface area contributed by atoms with Crippen LogP contribution in [0.4, 0.5) is 5.82 Å². The number of nitrogens with zero attached hydrogens (tertiary/aromatic N) is 5. The Kier molecular flexibility index (Phi) is 6.53. The highest BCUT2D eigenvalue weighted by atomic mass is 35.5. The van der Waals surface area contributed by atoms with Crippen molar-refractivity contribution in [2.24, 2.45) is 5.92 Å². The van der Waals surface area contributed by atoms with Crippen molar-refractivity contribution in [3.63, 3.8) is 0 Å². The zero-order valence-electron chi connectivity index (χ0n) is 21.1. The first-order valence-corrected chi connectivity index (χ1v) is 12.8. The van der Waals surface area contributed by atoms with Gasteiger partial charge >= 0.3 is 0 Å². The molecule has 0 N–H and O–H groups in total. The Balaban J connectivity index is 0.00000253. The van der Waals surface area contributed by atoms with Gasteiger partial charge in [-0.2, -0.15) is 0 Å². The first-order chi connectivity index (χ1) is 16.5. The van der Waals surface area contributed by atoms with Gasteiger partial charge in [-0.1, -0.05) is 24.3 Å². The molecule has 1 amide bonds. The van der Waals surface area contributed by atoms with Crippen molar-refractivity contribution in [2.75, 3.05) is 44.7 Å². The molecule has 0 unspecified atom stereocenters. The normalized spacial score (nSPS) is 18.5. The SMILES string of the molecule is Cc1c(C)n(CC2CC2)c2c(N3CCc4ccccc4C3)nc(C(=O)N3CCN(C)CC3)cc12.Cl. The van der Waals surface area contributed by atoms with E-state index in [1.54, 1.807) is 0 Å². The van der Waals surface area contributed by atoms with E-state index in [0.717, 1.165) is 64.0 Å². The van der Waals surface area contributed by atoms with Gasteiger partial charge in [-0.3, -0.25) is 4.79 Å². The summed E-state index contributed by atoms with van der Waals surface area (Å²) < 4.78 is 2.50. The smallest absolute Gasteiger partial charge is 0.272 e. The van der Waals surface area contributed by atoms with Gasteiger partial charge in [0.15, 0.2) is 5.82 Å². The summed E-state index contributed by atoms with van der Waals surface area (Å²) in [4.78, 5) is 25.4. The molecule has 7 heteroatoms. The molecular formula is C28H36ClN5O. The van der Waals surface area contributed by atoms with Gasteiger partial charge in [0.2, 0.25) is 0 Å². The molecule has 1 saturated heterocycles. The van der Waals surface area contributed by atoms with Crippen LogP contribution in [0.15, 0.2) is 30.3 Å². The van der Waals surface area contributed by atoms with Crippen LogP contribution in [-0.2, 0) is 19.5 Å². The van der Waals surface area contributed by atoms with Crippen LogP contribution in [0.3, 0.4) is 0 Å². The lowest BCUT2D eigenvalue weighted by Crippen LogP contribution is -2.47. The predicted octanol–water partition coefficient (Wildman–Crippen LogP) is 4.44. The van der Waals surface area contributed by atoms with Crippen molar-refractivity contribution >= 4 is 35.0 Å². The fourth-order valence-electron chi connectivity index (χ4n) is 5.61. The summed E-state index contributed by atoms with van der Waals surface area (Å²) in [5, 5.41) is 1.19. The van der Waals surface area contributed by atoms with Gasteiger partial charge in [0.1, 0.15) is 5.69 Å². The van der Waals surface area contributed by atoms with E-state index >= 15 is 0 Å². The molecule has 2 aliphatic heterocycles. The van der Waals surface area contributed by atoms with E-state index in [1.807, 2.05) is 4.90 Å². The third kappa shape index (κ3) is 4.43. The maximum absolute atomic E-state index is 13.6. The Morgan fingerprint density at radius 1 is 1.03 bits per heavy atom. The number of fused-ring (bicyclic) bond motifs is 2. The van der Waals surface area contributed by atoms with E-state index in [2.05, 4.69) is 65.6 Å². The summed E-state index contributed by atoms with van der Waals surface area (Å²) in [6.45, 7) is 10.6. The fourth-order valence-corrected chi connectivity index (χ4v) is 5.61. The number of aromatic nitrogens is 2. The highest BCUT2D eigenvalue weighted by Crippen LogP contribution is 2.38. The highest BCUT2D eigenvalue weighted by Gasteiger charge is 2.30. The summed E-state index contributed by atoms with van der Waals surface area (Å²) in [6.07, 6.45) is 3.65. The number of hydrogen-bond donors (Lipinski definition) is 0. The van der Waals surface area contributed by atoms with Crippen molar-refractivity contribution in [2.45, 2.75) is 46.2 Å². The van der Waals surface area contributed by atoms with Crippen LogP contribution in [0.1, 0.15) is 45.7 Å². The van der Waals surface area contributed by atoms with Crippen molar-refractivity contribution in [3.05, 3.63) is 58.4 Å². The van der Waals surface area contributed by atoms with Crippen molar-refractivity contribution < 1.29 is 4.79 Å². The Labute approximate surface area is 214 Å². The lowest BCUT2D eigenvalue weighted by atomic mass is 10.00. The number of aryl methyl sites for hydroxylation is 1. The molecule has 0 atom stereocenters. The van der Waals surface area contributed by atoms with Crippen LogP contribution in [0, 0.1) is 19.8 Å². The van der Waals surface area contributed by atoms with Crippen LogP contribution in [0.25, 0.3) is 10.9 Å². The number of hydrogen-bond acceptors (Lipinski definition) is 4. The number of benzene rings is 1. The topological polar surface area (TPSA) is 44.6 Å². The number of halogens is 1. The first kappa shape index (κ1) is 24.1. The van der Waals surface area contributed by atoms with Crippen LogP contribution in [0.5, 0.6) is 0 Å². The van der Waals surface area contributed by atoms with Crippen molar-refractivity contribution in [1.82, 2.24) is 19.4 Å². The van der Waals surface area contributed by atoms with Crippen LogP contribution >= 0.6 is 12.4 Å². The van der Waals surface area contributed by atoms with Gasteiger partial charge in [-0.25, -0.2) is 4.98 Å². The second kappa shape index (κ2) is 9.47. The molecule has 3 aliphatic rings. The quantitative estimate of drug-likeness (QED) is 0.539. The third-order valence-electron chi connectivity index (χ3n) is 8.17. The van der Waals surface area contributed by atoms with E-state index in [0.29, 0.717) is 5.69 Å². The summed E-state index contributed by atoms with van der Waals surface area (Å²) in [5.74, 6) is 1.83. The number of amides is 1. The van der Waals surface area contributed by atoms with Gasteiger partial charge in [-0.15, -0.1) is 12.4 Å². The third-order valence-corrected chi connectivity index (χ3v) is 8.17. The fraction of sp³-hybridized carbons (Fsp3) is 0.500. The average Bonchev–Trinajstić information content (AvgIpc) is 3.66. The van der Waals surface area contributed by atoms with Gasteiger partial charge in [0.25, 0.3) is 5.91 Å². The summed E-state index contributed by atoms with van der Waals surface area (Å²) in [7, 11) is 2.12. The average molecular weight is 494 g/mol. The zero-order chi connectivity index (χ0) is 23.4. The molecule has 3 aromatic rings. The summed E-state index contributed by atoms with van der Waals surface area (Å²) in [5.41, 5.74) is 7.21. The molecule has 6 rings (SSSR count). The van der Waals surface area contributed by atoms with Gasteiger partial charge in [0, 0.05) is 56.9 Å². The molecule has 2 aromatic heterocycles. The van der Waals surface area contributed by atoms with E-state index < -0.39 is 0 Å². The number of likely N-dealkylation sites (N-methyl/N-ethyl adjacent to an activating group) is 1. The van der Waals surface area contributed by atoms with Crippen LogP contribution < -0.4 is 4.90 Å². The Morgan fingerprint density at radius 2 is 1.74 bits per heavy atom. The zero-order valence-corrected chi connectivity index (χ0v) is 21.9. The standard InChI is InChI=1S/C28H35N5O.ClH/c1-19-20(2)33(17-21-8-9-21)26-24(19)16-25(28(34)31-14-12-30(3)13-15-31)29-27(26)32-11-10-22-6-4-5-7-23(22)18-32;/h4-7,16,21H,8-15,17-18H2,1-3H3;1H. The largest absolute Gasteiger partial charge is 0.350 e. The lowest BCUT2D eigenvalue weighted by molar-refractivity contribution is 0.0658. The van der Waals surface area contributed by atoms with Gasteiger partial charge < -0.3 is 19.3 Å². The summed E-state index contributed by atoms with van der Waals surface area (Å²) >= 11 is 0. The molecule has 0 bridgehead atoms. The number of pyridine rings is 1. The second-order valence-electron chi connectivity index (χ2n) is 10.5. The molecule has 2 fully saturated rings. The molecule has 0 radical (unpaired) electrons. The number of anilines is 1.